The Morgan fingerprint density at radius 3 is 2.58 bits per heavy atom. The smallest absolute Gasteiger partial charge is 0.251 e. The van der Waals surface area contributed by atoms with Gasteiger partial charge in [0.05, 0.1) is 12.7 Å². The van der Waals surface area contributed by atoms with Gasteiger partial charge in [0, 0.05) is 34.8 Å². The number of aliphatic hydroxyl groups is 2. The van der Waals surface area contributed by atoms with Gasteiger partial charge in [0.25, 0.3) is 5.91 Å². The lowest BCUT2D eigenvalue weighted by Crippen LogP contribution is -2.43. The number of hydrogen-bond donors (Lipinski definition) is 5. The largest absolute Gasteiger partial charge is 0.508 e. The highest BCUT2D eigenvalue weighted by Crippen LogP contribution is 2.23. The number of amides is 1. The molecule has 8 heteroatoms. The topological polar surface area (TPSA) is 102 Å². The van der Waals surface area contributed by atoms with E-state index in [9.17, 15) is 24.5 Å². The Kier molecular flexibility index (Phi) is 9.45. The van der Waals surface area contributed by atoms with Crippen LogP contribution in [0.3, 0.4) is 0 Å². The SMILES string of the molecule is CC(C)(Cc1cccc(C(=O)NCCc2ccc(F)cc2Cl)c1)NC[C@H](O)c1ccc(O)c(CO)c1. The van der Waals surface area contributed by atoms with Crippen molar-refractivity contribution in [2.24, 2.45) is 0 Å². The number of aromatic hydroxyl groups is 1. The van der Waals surface area contributed by atoms with Crippen molar-refractivity contribution >= 4 is 17.5 Å². The Labute approximate surface area is 215 Å². The Hall–Kier alpha value is -2.97. The molecule has 1 amide bonds. The van der Waals surface area contributed by atoms with E-state index in [0.29, 0.717) is 41.1 Å². The predicted octanol–water partition coefficient (Wildman–Crippen LogP) is 4.29. The molecule has 1 atom stereocenters. The fourth-order valence-corrected chi connectivity index (χ4v) is 4.22. The summed E-state index contributed by atoms with van der Waals surface area (Å²) < 4.78 is 13.2. The van der Waals surface area contributed by atoms with Crippen LogP contribution in [0.1, 0.15) is 52.6 Å². The van der Waals surface area contributed by atoms with Gasteiger partial charge in [0.1, 0.15) is 11.6 Å². The quantitative estimate of drug-likeness (QED) is 0.263. The van der Waals surface area contributed by atoms with E-state index in [4.69, 9.17) is 11.6 Å². The van der Waals surface area contributed by atoms with E-state index < -0.39 is 11.9 Å². The molecule has 0 aromatic heterocycles. The molecule has 36 heavy (non-hydrogen) atoms. The highest BCUT2D eigenvalue weighted by molar-refractivity contribution is 6.31. The second-order valence-corrected chi connectivity index (χ2v) is 9.85. The molecule has 0 fully saturated rings. The summed E-state index contributed by atoms with van der Waals surface area (Å²) >= 11 is 6.05. The summed E-state index contributed by atoms with van der Waals surface area (Å²) in [5.74, 6) is -0.610. The van der Waals surface area contributed by atoms with Crippen LogP contribution in [0.2, 0.25) is 5.02 Å². The Morgan fingerprint density at radius 1 is 1.08 bits per heavy atom. The van der Waals surface area contributed by atoms with Crippen molar-refractivity contribution in [3.63, 3.8) is 0 Å². The Balaban J connectivity index is 1.54. The van der Waals surface area contributed by atoms with Gasteiger partial charge in [-0.25, -0.2) is 4.39 Å². The molecular weight excluding hydrogens is 483 g/mol. The summed E-state index contributed by atoms with van der Waals surface area (Å²) in [5.41, 5.74) is 2.84. The number of carbonyl (C=O) groups is 1. The van der Waals surface area contributed by atoms with Gasteiger partial charge in [0.2, 0.25) is 0 Å². The molecule has 3 rings (SSSR count). The predicted molar refractivity (Wildman–Crippen MR) is 139 cm³/mol. The van der Waals surface area contributed by atoms with E-state index in [0.717, 1.165) is 11.1 Å². The second kappa shape index (κ2) is 12.3. The summed E-state index contributed by atoms with van der Waals surface area (Å²) in [6, 6.07) is 16.3. The van der Waals surface area contributed by atoms with Gasteiger partial charge in [-0.2, -0.15) is 0 Å². The van der Waals surface area contributed by atoms with Crippen LogP contribution in [0.4, 0.5) is 4.39 Å². The summed E-state index contributed by atoms with van der Waals surface area (Å²) in [4.78, 5) is 12.7. The van der Waals surface area contributed by atoms with Crippen molar-refractivity contribution in [2.45, 2.75) is 44.9 Å². The maximum atomic E-state index is 13.2. The number of benzene rings is 3. The van der Waals surface area contributed by atoms with Gasteiger partial charge in [-0.15, -0.1) is 0 Å². The summed E-state index contributed by atoms with van der Waals surface area (Å²) in [6.45, 7) is 4.35. The van der Waals surface area contributed by atoms with Crippen LogP contribution >= 0.6 is 11.6 Å². The molecule has 6 nitrogen and oxygen atoms in total. The highest BCUT2D eigenvalue weighted by atomic mass is 35.5. The lowest BCUT2D eigenvalue weighted by molar-refractivity contribution is 0.0954. The fraction of sp³-hybridized carbons (Fsp3) is 0.321. The molecular formula is C28H32ClFN2O4. The normalized spacial score (nSPS) is 12.4. The van der Waals surface area contributed by atoms with E-state index in [-0.39, 0.29) is 30.3 Å². The minimum atomic E-state index is -0.818. The maximum Gasteiger partial charge on any atom is 0.251 e. The summed E-state index contributed by atoms with van der Waals surface area (Å²) in [5, 5.41) is 36.2. The summed E-state index contributed by atoms with van der Waals surface area (Å²) in [7, 11) is 0. The first-order valence-corrected chi connectivity index (χ1v) is 12.1. The zero-order valence-electron chi connectivity index (χ0n) is 20.4. The molecule has 5 N–H and O–H groups in total. The third-order valence-corrected chi connectivity index (χ3v) is 6.31. The van der Waals surface area contributed by atoms with Gasteiger partial charge >= 0.3 is 0 Å². The third kappa shape index (κ3) is 7.77. The van der Waals surface area contributed by atoms with Crippen LogP contribution in [0, 0.1) is 5.82 Å². The van der Waals surface area contributed by atoms with Crippen LogP contribution in [-0.4, -0.2) is 39.9 Å². The van der Waals surface area contributed by atoms with Gasteiger partial charge in [-0.3, -0.25) is 4.79 Å². The standard InChI is InChI=1S/C28H32ClFN2O4/c1-28(2,32-16-26(35)20-7-9-25(34)22(13-20)17-33)15-18-4-3-5-21(12-18)27(36)31-11-10-19-6-8-23(30)14-24(19)29/h3-9,12-14,26,32-35H,10-11,15-17H2,1-2H3,(H,31,36)/t26-/m0/s1. The van der Waals surface area contributed by atoms with Crippen LogP contribution < -0.4 is 10.6 Å². The molecule has 0 heterocycles. The molecule has 0 saturated carbocycles. The van der Waals surface area contributed by atoms with Gasteiger partial charge in [-0.1, -0.05) is 35.9 Å². The molecule has 0 bridgehead atoms. The lowest BCUT2D eigenvalue weighted by Gasteiger charge is -2.28. The van der Waals surface area contributed by atoms with Crippen molar-refractivity contribution in [3.8, 4) is 5.75 Å². The number of aliphatic hydroxyl groups excluding tert-OH is 2. The number of nitrogens with one attached hydrogen (secondary N) is 2. The van der Waals surface area contributed by atoms with Crippen molar-refractivity contribution in [1.29, 1.82) is 0 Å². The third-order valence-electron chi connectivity index (χ3n) is 5.96. The molecule has 0 aliphatic rings. The number of rotatable bonds is 11. The molecule has 0 radical (unpaired) electrons. The minimum absolute atomic E-state index is 0.00934. The highest BCUT2D eigenvalue weighted by Gasteiger charge is 2.21. The molecule has 3 aromatic rings. The molecule has 0 aliphatic heterocycles. The molecule has 3 aromatic carbocycles. The molecule has 0 saturated heterocycles. The number of β-amino-alcohol motifs (C(OH)–C–C–N with tert-alkyl or cyclic N) is 1. The van der Waals surface area contributed by atoms with Crippen LogP contribution in [-0.2, 0) is 19.4 Å². The Bertz CT molecular complexity index is 1200. The zero-order chi connectivity index (χ0) is 26.3. The van der Waals surface area contributed by atoms with Gasteiger partial charge in [0.15, 0.2) is 0 Å². The van der Waals surface area contributed by atoms with Gasteiger partial charge < -0.3 is 26.0 Å². The molecule has 0 unspecified atom stereocenters. The first-order valence-electron chi connectivity index (χ1n) is 11.7. The number of phenols is 1. The molecule has 192 valence electrons. The van der Waals surface area contributed by atoms with E-state index >= 15 is 0 Å². The first kappa shape index (κ1) is 27.6. The number of carbonyl (C=O) groups excluding carboxylic acids is 1. The number of hydrogen-bond acceptors (Lipinski definition) is 5. The van der Waals surface area contributed by atoms with Crippen LogP contribution in [0.25, 0.3) is 0 Å². The molecule has 0 spiro atoms. The summed E-state index contributed by atoms with van der Waals surface area (Å²) in [6.07, 6.45) is 0.288. The van der Waals surface area contributed by atoms with Crippen molar-refractivity contribution in [2.75, 3.05) is 13.1 Å². The van der Waals surface area contributed by atoms with E-state index in [1.807, 2.05) is 32.0 Å². The minimum Gasteiger partial charge on any atom is -0.508 e. The average molecular weight is 515 g/mol. The van der Waals surface area contributed by atoms with Gasteiger partial charge in [-0.05, 0) is 79.8 Å². The van der Waals surface area contributed by atoms with Crippen molar-refractivity contribution in [3.05, 3.63) is 99.3 Å². The maximum absolute atomic E-state index is 13.2. The molecule has 0 aliphatic carbocycles. The zero-order valence-corrected chi connectivity index (χ0v) is 21.1. The average Bonchev–Trinajstić information content (AvgIpc) is 2.84. The fourth-order valence-electron chi connectivity index (χ4n) is 3.96. The first-order chi connectivity index (χ1) is 17.1. The van der Waals surface area contributed by atoms with E-state index in [1.54, 1.807) is 24.3 Å². The van der Waals surface area contributed by atoms with Crippen LogP contribution in [0.15, 0.2) is 60.7 Å². The van der Waals surface area contributed by atoms with E-state index in [1.165, 1.54) is 18.2 Å². The van der Waals surface area contributed by atoms with E-state index in [2.05, 4.69) is 10.6 Å². The van der Waals surface area contributed by atoms with Crippen molar-refractivity contribution in [1.82, 2.24) is 10.6 Å². The lowest BCUT2D eigenvalue weighted by atomic mass is 9.93. The number of halogens is 2. The monoisotopic (exact) mass is 514 g/mol. The Morgan fingerprint density at radius 2 is 1.86 bits per heavy atom. The van der Waals surface area contributed by atoms with Crippen molar-refractivity contribution < 1.29 is 24.5 Å². The second-order valence-electron chi connectivity index (χ2n) is 9.45. The van der Waals surface area contributed by atoms with Crippen LogP contribution in [0.5, 0.6) is 5.75 Å².